The smallest absolute Gasteiger partial charge is 0.253 e. The highest BCUT2D eigenvalue weighted by Gasteiger charge is 2.36. The maximum Gasteiger partial charge on any atom is 0.253 e. The van der Waals surface area contributed by atoms with Gasteiger partial charge in [-0.1, -0.05) is 36.4 Å². The van der Waals surface area contributed by atoms with Gasteiger partial charge in [-0.15, -0.1) is 0 Å². The molecule has 1 fully saturated rings. The van der Waals surface area contributed by atoms with E-state index in [1.807, 2.05) is 43.3 Å². The number of aromatic nitrogens is 1. The number of likely N-dealkylation sites (tertiary alicyclic amines) is 1. The first kappa shape index (κ1) is 24.0. The van der Waals surface area contributed by atoms with Gasteiger partial charge in [-0.25, -0.2) is 9.37 Å². The quantitative estimate of drug-likeness (QED) is 0.605. The van der Waals surface area contributed by atoms with Crippen LogP contribution in [0.3, 0.4) is 0 Å². The standard InChI is InChI=1S/C27H33FN4O2/c1-3-34-24-17-27(28,14-11-23(24)20-7-5-4-6-8-20)19-32-15-12-22(13-16-32)31-26(33)21-9-10-25(29-2)30-18-21/h4-11,14,18,22H,3,12-13,15-17,19H2,1-2H3,(H,29,30)(H,31,33). The highest BCUT2D eigenvalue weighted by molar-refractivity contribution is 5.94. The van der Waals surface area contributed by atoms with E-state index >= 15 is 4.39 Å². The molecular weight excluding hydrogens is 431 g/mol. The zero-order valence-electron chi connectivity index (χ0n) is 19.9. The first-order chi connectivity index (χ1) is 16.5. The van der Waals surface area contributed by atoms with Crippen molar-refractivity contribution in [1.82, 2.24) is 15.2 Å². The van der Waals surface area contributed by atoms with Crippen LogP contribution in [0.15, 0.2) is 66.6 Å². The van der Waals surface area contributed by atoms with Crippen LogP contribution in [0.4, 0.5) is 10.2 Å². The summed E-state index contributed by atoms with van der Waals surface area (Å²) in [7, 11) is 1.79. The first-order valence-electron chi connectivity index (χ1n) is 12.0. The summed E-state index contributed by atoms with van der Waals surface area (Å²) in [6, 6.07) is 13.6. The van der Waals surface area contributed by atoms with Crippen molar-refractivity contribution in [3.8, 4) is 0 Å². The summed E-state index contributed by atoms with van der Waals surface area (Å²) >= 11 is 0. The minimum atomic E-state index is -1.47. The fraction of sp³-hybridized carbons (Fsp3) is 0.407. The Morgan fingerprint density at radius 1 is 1.21 bits per heavy atom. The number of pyridine rings is 1. The largest absolute Gasteiger partial charge is 0.497 e. The third kappa shape index (κ3) is 5.83. The molecule has 1 unspecified atom stereocenters. The molecule has 0 saturated carbocycles. The van der Waals surface area contributed by atoms with E-state index in [1.165, 1.54) is 0 Å². The lowest BCUT2D eigenvalue weighted by atomic mass is 9.88. The SMILES string of the molecule is CCOC1=C(c2ccccc2)C=CC(F)(CN2CCC(NC(=O)c3ccc(NC)nc3)CC2)C1. The molecule has 7 heteroatoms. The first-order valence-corrected chi connectivity index (χ1v) is 12.0. The van der Waals surface area contributed by atoms with Crippen LogP contribution in [0.5, 0.6) is 0 Å². The Labute approximate surface area is 200 Å². The Hall–Kier alpha value is -3.19. The average molecular weight is 465 g/mol. The van der Waals surface area contributed by atoms with Gasteiger partial charge in [0.15, 0.2) is 0 Å². The molecule has 1 amide bonds. The van der Waals surface area contributed by atoms with Crippen LogP contribution < -0.4 is 10.6 Å². The van der Waals surface area contributed by atoms with Crippen molar-refractivity contribution in [2.75, 3.05) is 38.6 Å². The van der Waals surface area contributed by atoms with E-state index in [2.05, 4.69) is 20.5 Å². The fourth-order valence-electron chi connectivity index (χ4n) is 4.59. The van der Waals surface area contributed by atoms with E-state index < -0.39 is 5.67 Å². The molecule has 34 heavy (non-hydrogen) atoms. The van der Waals surface area contributed by atoms with Crippen LogP contribution in [-0.4, -0.2) is 60.8 Å². The van der Waals surface area contributed by atoms with Crippen molar-refractivity contribution in [3.63, 3.8) is 0 Å². The van der Waals surface area contributed by atoms with Gasteiger partial charge >= 0.3 is 0 Å². The molecule has 2 N–H and O–H groups in total. The van der Waals surface area contributed by atoms with Gasteiger partial charge in [0.25, 0.3) is 5.91 Å². The average Bonchev–Trinajstić information content (AvgIpc) is 2.86. The number of nitrogens with one attached hydrogen (secondary N) is 2. The molecule has 0 radical (unpaired) electrons. The molecule has 180 valence electrons. The summed E-state index contributed by atoms with van der Waals surface area (Å²) in [6.45, 7) is 4.23. The van der Waals surface area contributed by atoms with E-state index in [-0.39, 0.29) is 18.4 Å². The lowest BCUT2D eigenvalue weighted by Gasteiger charge is -2.37. The van der Waals surface area contributed by atoms with Crippen molar-refractivity contribution < 1.29 is 13.9 Å². The molecule has 1 aromatic carbocycles. The number of benzene rings is 1. The Morgan fingerprint density at radius 3 is 2.62 bits per heavy atom. The van der Waals surface area contributed by atoms with Gasteiger partial charge in [0, 0.05) is 50.9 Å². The molecule has 0 bridgehead atoms. The Bertz CT molecular complexity index is 1030. The number of piperidine rings is 1. The summed E-state index contributed by atoms with van der Waals surface area (Å²) in [5, 5.41) is 6.03. The number of anilines is 1. The predicted molar refractivity (Wildman–Crippen MR) is 133 cm³/mol. The number of carbonyl (C=O) groups is 1. The number of carbonyl (C=O) groups excluding carboxylic acids is 1. The van der Waals surface area contributed by atoms with Gasteiger partial charge in [0.05, 0.1) is 12.2 Å². The topological polar surface area (TPSA) is 66.5 Å². The van der Waals surface area contributed by atoms with Gasteiger partial charge < -0.3 is 15.4 Å². The number of alkyl halides is 1. The second kappa shape index (κ2) is 10.8. The van der Waals surface area contributed by atoms with Crippen LogP contribution in [0.2, 0.25) is 0 Å². The van der Waals surface area contributed by atoms with Crippen LogP contribution in [-0.2, 0) is 4.74 Å². The lowest BCUT2D eigenvalue weighted by Crippen LogP contribution is -2.48. The van der Waals surface area contributed by atoms with Crippen LogP contribution in [0, 0.1) is 0 Å². The predicted octanol–water partition coefficient (Wildman–Crippen LogP) is 4.43. The molecule has 6 nitrogen and oxygen atoms in total. The zero-order chi connectivity index (χ0) is 24.0. The van der Waals surface area contributed by atoms with Gasteiger partial charge in [0.1, 0.15) is 17.2 Å². The number of allylic oxidation sites excluding steroid dienone is 3. The van der Waals surface area contributed by atoms with E-state index in [0.717, 1.165) is 42.9 Å². The molecule has 2 heterocycles. The van der Waals surface area contributed by atoms with Crippen LogP contribution in [0.25, 0.3) is 5.57 Å². The Balaban J connectivity index is 1.31. The minimum Gasteiger partial charge on any atom is -0.497 e. The maximum atomic E-state index is 15.9. The number of amides is 1. The molecule has 1 saturated heterocycles. The molecule has 4 rings (SSSR count). The van der Waals surface area contributed by atoms with Crippen molar-refractivity contribution in [1.29, 1.82) is 0 Å². The third-order valence-electron chi connectivity index (χ3n) is 6.40. The highest BCUT2D eigenvalue weighted by Crippen LogP contribution is 2.36. The van der Waals surface area contributed by atoms with Crippen molar-refractivity contribution in [3.05, 3.63) is 77.7 Å². The Morgan fingerprint density at radius 2 is 1.97 bits per heavy atom. The lowest BCUT2D eigenvalue weighted by molar-refractivity contribution is 0.0808. The van der Waals surface area contributed by atoms with Crippen molar-refractivity contribution in [2.24, 2.45) is 0 Å². The second-order valence-corrected chi connectivity index (χ2v) is 8.89. The van der Waals surface area contributed by atoms with Crippen LogP contribution >= 0.6 is 0 Å². The molecule has 2 aliphatic rings. The van der Waals surface area contributed by atoms with Crippen LogP contribution in [0.1, 0.15) is 42.1 Å². The monoisotopic (exact) mass is 464 g/mol. The molecular formula is C27H33FN4O2. The molecule has 1 atom stereocenters. The highest BCUT2D eigenvalue weighted by atomic mass is 19.1. The fourth-order valence-corrected chi connectivity index (χ4v) is 4.59. The van der Waals surface area contributed by atoms with E-state index in [0.29, 0.717) is 24.5 Å². The van der Waals surface area contributed by atoms with E-state index in [9.17, 15) is 4.79 Å². The number of hydrogen-bond acceptors (Lipinski definition) is 5. The van der Waals surface area contributed by atoms with Gasteiger partial charge in [-0.2, -0.15) is 0 Å². The molecule has 0 spiro atoms. The summed E-state index contributed by atoms with van der Waals surface area (Å²) in [5.74, 6) is 1.31. The maximum absolute atomic E-state index is 15.9. The minimum absolute atomic E-state index is 0.0775. The number of nitrogens with zero attached hydrogens (tertiary/aromatic N) is 2. The van der Waals surface area contributed by atoms with Crippen molar-refractivity contribution in [2.45, 2.75) is 37.9 Å². The molecule has 1 aliphatic heterocycles. The zero-order valence-corrected chi connectivity index (χ0v) is 19.9. The van der Waals surface area contributed by atoms with Crippen molar-refractivity contribution >= 4 is 17.3 Å². The molecule has 2 aromatic rings. The normalized spacial score (nSPS) is 21.4. The molecule has 1 aromatic heterocycles. The summed E-state index contributed by atoms with van der Waals surface area (Å²) in [4.78, 5) is 18.9. The number of rotatable bonds is 8. The summed E-state index contributed by atoms with van der Waals surface area (Å²) in [5.41, 5.74) is 1.06. The number of ether oxygens (including phenoxy) is 1. The number of halogens is 1. The summed E-state index contributed by atoms with van der Waals surface area (Å²) < 4.78 is 21.8. The Kier molecular flexibility index (Phi) is 7.63. The van der Waals surface area contributed by atoms with Gasteiger partial charge in [-0.05, 0) is 43.5 Å². The van der Waals surface area contributed by atoms with E-state index in [4.69, 9.17) is 4.74 Å². The summed E-state index contributed by atoms with van der Waals surface area (Å²) in [6.07, 6.45) is 6.94. The van der Waals surface area contributed by atoms with Gasteiger partial charge in [-0.3, -0.25) is 9.69 Å². The third-order valence-corrected chi connectivity index (χ3v) is 6.40. The number of hydrogen-bond donors (Lipinski definition) is 2. The molecule has 1 aliphatic carbocycles. The van der Waals surface area contributed by atoms with E-state index in [1.54, 1.807) is 31.5 Å². The second-order valence-electron chi connectivity index (χ2n) is 8.89. The van der Waals surface area contributed by atoms with Gasteiger partial charge in [0.2, 0.25) is 0 Å².